The van der Waals surface area contributed by atoms with E-state index in [1.165, 1.54) is 0 Å². The van der Waals surface area contributed by atoms with Crippen LogP contribution in [0.2, 0.25) is 0 Å². The second kappa shape index (κ2) is 5.69. The predicted octanol–water partition coefficient (Wildman–Crippen LogP) is 2.20. The highest BCUT2D eigenvalue weighted by Gasteiger charge is 2.27. The molecule has 0 spiro atoms. The lowest BCUT2D eigenvalue weighted by Crippen LogP contribution is -2.37. The first-order valence-corrected chi connectivity index (χ1v) is 5.41. The first kappa shape index (κ1) is 12.0. The lowest BCUT2D eigenvalue weighted by molar-refractivity contribution is -0.217. The SMILES string of the molecule is CO[C@H]1CC(OCC(C)C)O[C@H](C)C1. The first-order valence-electron chi connectivity index (χ1n) is 5.41. The maximum absolute atomic E-state index is 5.67. The molecule has 1 saturated heterocycles. The van der Waals surface area contributed by atoms with Crippen LogP contribution in [0.15, 0.2) is 0 Å². The maximum Gasteiger partial charge on any atom is 0.160 e. The molecule has 0 amide bonds. The van der Waals surface area contributed by atoms with Crippen molar-refractivity contribution in [1.29, 1.82) is 0 Å². The summed E-state index contributed by atoms with van der Waals surface area (Å²) in [7, 11) is 1.75. The highest BCUT2D eigenvalue weighted by atomic mass is 16.7. The Kier molecular flexibility index (Phi) is 4.85. The van der Waals surface area contributed by atoms with Crippen molar-refractivity contribution in [2.45, 2.75) is 52.1 Å². The van der Waals surface area contributed by atoms with Gasteiger partial charge in [-0.2, -0.15) is 0 Å². The van der Waals surface area contributed by atoms with Crippen LogP contribution >= 0.6 is 0 Å². The minimum atomic E-state index is -0.0777. The van der Waals surface area contributed by atoms with E-state index >= 15 is 0 Å². The molecule has 0 bridgehead atoms. The standard InChI is InChI=1S/C11H22O3/c1-8(2)7-13-11-6-10(12-4)5-9(3)14-11/h8-11H,5-7H2,1-4H3/t9-,10-,11?/m1/s1. The monoisotopic (exact) mass is 202 g/mol. The Morgan fingerprint density at radius 2 is 2.07 bits per heavy atom. The maximum atomic E-state index is 5.67. The molecule has 1 fully saturated rings. The Morgan fingerprint density at radius 3 is 2.64 bits per heavy atom. The zero-order valence-corrected chi connectivity index (χ0v) is 9.66. The summed E-state index contributed by atoms with van der Waals surface area (Å²) in [5.41, 5.74) is 0. The van der Waals surface area contributed by atoms with Gasteiger partial charge in [-0.25, -0.2) is 0 Å². The van der Waals surface area contributed by atoms with E-state index in [0.29, 0.717) is 5.92 Å². The molecular formula is C11H22O3. The minimum Gasteiger partial charge on any atom is -0.381 e. The normalized spacial score (nSPS) is 33.6. The second-order valence-corrected chi connectivity index (χ2v) is 4.43. The summed E-state index contributed by atoms with van der Waals surface area (Å²) in [5.74, 6) is 0.553. The van der Waals surface area contributed by atoms with Gasteiger partial charge in [0.15, 0.2) is 6.29 Å². The molecule has 3 nitrogen and oxygen atoms in total. The van der Waals surface area contributed by atoms with Crippen molar-refractivity contribution in [3.8, 4) is 0 Å². The molecule has 0 aromatic carbocycles. The van der Waals surface area contributed by atoms with E-state index < -0.39 is 0 Å². The van der Waals surface area contributed by atoms with Crippen LogP contribution in [0.3, 0.4) is 0 Å². The summed E-state index contributed by atoms with van der Waals surface area (Å²) in [6.07, 6.45) is 2.28. The lowest BCUT2D eigenvalue weighted by Gasteiger charge is -2.33. The van der Waals surface area contributed by atoms with E-state index in [0.717, 1.165) is 19.4 Å². The fourth-order valence-corrected chi connectivity index (χ4v) is 1.65. The molecule has 1 aliphatic rings. The largest absolute Gasteiger partial charge is 0.381 e. The number of rotatable bonds is 4. The van der Waals surface area contributed by atoms with Gasteiger partial charge < -0.3 is 14.2 Å². The van der Waals surface area contributed by atoms with E-state index in [1.807, 2.05) is 0 Å². The molecule has 84 valence electrons. The van der Waals surface area contributed by atoms with Crippen LogP contribution in [0, 0.1) is 5.92 Å². The quantitative estimate of drug-likeness (QED) is 0.699. The van der Waals surface area contributed by atoms with Gasteiger partial charge in [0.1, 0.15) is 0 Å². The van der Waals surface area contributed by atoms with Crippen LogP contribution in [0.4, 0.5) is 0 Å². The van der Waals surface area contributed by atoms with Crippen molar-refractivity contribution in [3.05, 3.63) is 0 Å². The lowest BCUT2D eigenvalue weighted by atomic mass is 10.1. The molecule has 0 aromatic heterocycles. The third kappa shape index (κ3) is 3.95. The van der Waals surface area contributed by atoms with E-state index in [9.17, 15) is 0 Å². The van der Waals surface area contributed by atoms with Gasteiger partial charge in [-0.15, -0.1) is 0 Å². The summed E-state index contributed by atoms with van der Waals surface area (Å²) < 4.78 is 16.6. The molecule has 1 unspecified atom stereocenters. The van der Waals surface area contributed by atoms with Gasteiger partial charge in [0.25, 0.3) is 0 Å². The zero-order valence-electron chi connectivity index (χ0n) is 9.66. The van der Waals surface area contributed by atoms with E-state index in [4.69, 9.17) is 14.2 Å². The molecule has 1 heterocycles. The van der Waals surface area contributed by atoms with Crippen LogP contribution in [0.25, 0.3) is 0 Å². The van der Waals surface area contributed by atoms with Gasteiger partial charge >= 0.3 is 0 Å². The molecule has 0 N–H and O–H groups in total. The van der Waals surface area contributed by atoms with E-state index in [2.05, 4.69) is 20.8 Å². The van der Waals surface area contributed by atoms with Crippen LogP contribution in [0.5, 0.6) is 0 Å². The fraction of sp³-hybridized carbons (Fsp3) is 1.00. The zero-order chi connectivity index (χ0) is 10.6. The van der Waals surface area contributed by atoms with Crippen LogP contribution < -0.4 is 0 Å². The Balaban J connectivity index is 2.30. The summed E-state index contributed by atoms with van der Waals surface area (Å²) in [5, 5.41) is 0. The molecule has 0 saturated carbocycles. The van der Waals surface area contributed by atoms with Crippen molar-refractivity contribution >= 4 is 0 Å². The van der Waals surface area contributed by atoms with Gasteiger partial charge in [-0.1, -0.05) is 13.8 Å². The number of hydrogen-bond donors (Lipinski definition) is 0. The average molecular weight is 202 g/mol. The van der Waals surface area contributed by atoms with E-state index in [1.54, 1.807) is 7.11 Å². The van der Waals surface area contributed by atoms with Crippen molar-refractivity contribution in [1.82, 2.24) is 0 Å². The number of ether oxygens (including phenoxy) is 3. The molecule has 0 aromatic rings. The smallest absolute Gasteiger partial charge is 0.160 e. The molecule has 3 heteroatoms. The van der Waals surface area contributed by atoms with Crippen LogP contribution in [0.1, 0.15) is 33.6 Å². The molecule has 0 aliphatic carbocycles. The van der Waals surface area contributed by atoms with Crippen molar-refractivity contribution in [2.75, 3.05) is 13.7 Å². The molecule has 0 radical (unpaired) electrons. The van der Waals surface area contributed by atoms with Crippen molar-refractivity contribution < 1.29 is 14.2 Å². The van der Waals surface area contributed by atoms with Gasteiger partial charge in [0, 0.05) is 13.5 Å². The number of hydrogen-bond acceptors (Lipinski definition) is 3. The molecule has 1 rings (SSSR count). The number of methoxy groups -OCH3 is 1. The fourth-order valence-electron chi connectivity index (χ4n) is 1.65. The Bertz CT molecular complexity index is 159. The Morgan fingerprint density at radius 1 is 1.36 bits per heavy atom. The van der Waals surface area contributed by atoms with Crippen LogP contribution in [-0.4, -0.2) is 32.2 Å². The average Bonchev–Trinajstić information content (AvgIpc) is 2.14. The topological polar surface area (TPSA) is 27.7 Å². The van der Waals surface area contributed by atoms with Gasteiger partial charge in [-0.05, 0) is 19.3 Å². The van der Waals surface area contributed by atoms with Crippen molar-refractivity contribution in [3.63, 3.8) is 0 Å². The predicted molar refractivity (Wildman–Crippen MR) is 55.2 cm³/mol. The van der Waals surface area contributed by atoms with Crippen molar-refractivity contribution in [2.24, 2.45) is 5.92 Å². The van der Waals surface area contributed by atoms with Crippen LogP contribution in [-0.2, 0) is 14.2 Å². The Labute approximate surface area is 86.7 Å². The highest BCUT2D eigenvalue weighted by molar-refractivity contribution is 4.71. The summed E-state index contributed by atoms with van der Waals surface area (Å²) in [6, 6.07) is 0. The minimum absolute atomic E-state index is 0.0777. The second-order valence-electron chi connectivity index (χ2n) is 4.43. The summed E-state index contributed by atoms with van der Waals surface area (Å²) in [4.78, 5) is 0. The third-order valence-corrected chi connectivity index (χ3v) is 2.38. The summed E-state index contributed by atoms with van der Waals surface area (Å²) in [6.45, 7) is 7.10. The molecule has 14 heavy (non-hydrogen) atoms. The highest BCUT2D eigenvalue weighted by Crippen LogP contribution is 2.22. The molecule has 1 aliphatic heterocycles. The van der Waals surface area contributed by atoms with Gasteiger partial charge in [0.05, 0.1) is 18.8 Å². The molecule has 3 atom stereocenters. The van der Waals surface area contributed by atoms with Gasteiger partial charge in [-0.3, -0.25) is 0 Å². The van der Waals surface area contributed by atoms with E-state index in [-0.39, 0.29) is 18.5 Å². The third-order valence-electron chi connectivity index (χ3n) is 2.38. The summed E-state index contributed by atoms with van der Waals surface area (Å²) >= 11 is 0. The molecular weight excluding hydrogens is 180 g/mol. The first-order chi connectivity index (χ1) is 6.61. The van der Waals surface area contributed by atoms with Gasteiger partial charge in [0.2, 0.25) is 0 Å². The Hall–Kier alpha value is -0.120.